The van der Waals surface area contributed by atoms with Crippen LogP contribution in [0.5, 0.6) is 0 Å². The van der Waals surface area contributed by atoms with Gasteiger partial charge in [-0.2, -0.15) is 0 Å². The lowest BCUT2D eigenvalue weighted by molar-refractivity contribution is 1.32. The van der Waals surface area contributed by atoms with Crippen LogP contribution in [-0.2, 0) is 0 Å². The lowest BCUT2D eigenvalue weighted by Gasteiger charge is -2.05. The second-order valence-electron chi connectivity index (χ2n) is 3.20. The first-order chi connectivity index (χ1) is 7.72. The summed E-state index contributed by atoms with van der Waals surface area (Å²) in [5.41, 5.74) is 1.74. The molecule has 5 heteroatoms. The Morgan fingerprint density at radius 2 is 2.31 bits per heavy atom. The van der Waals surface area contributed by atoms with E-state index in [-0.39, 0.29) is 0 Å². The first-order valence-electron chi connectivity index (χ1n) is 4.80. The molecule has 0 atom stereocenters. The number of hydrogen-bond donors (Lipinski definition) is 1. The van der Waals surface area contributed by atoms with Gasteiger partial charge in [0.2, 0.25) is 0 Å². The third kappa shape index (κ3) is 2.32. The van der Waals surface area contributed by atoms with Crippen molar-refractivity contribution >= 4 is 50.4 Å². The fraction of sp³-hybridized carbons (Fsp3) is 0.182. The standard InChI is InChI=1S/C11H10Cl2N2S/c1-2-3-4-14-8-5-9(13)15-10-7(12)6-16-11(8)10/h2-3,5-6H,4H2,1H3,(H,14,15)/b3-2-. The van der Waals surface area contributed by atoms with Gasteiger partial charge in [-0.25, -0.2) is 4.98 Å². The van der Waals surface area contributed by atoms with E-state index in [0.717, 1.165) is 22.4 Å². The van der Waals surface area contributed by atoms with E-state index in [0.29, 0.717) is 10.2 Å². The number of nitrogens with one attached hydrogen (secondary N) is 1. The van der Waals surface area contributed by atoms with Crippen molar-refractivity contribution in [2.75, 3.05) is 11.9 Å². The number of anilines is 1. The normalized spacial score (nSPS) is 11.4. The van der Waals surface area contributed by atoms with E-state index in [2.05, 4.69) is 10.3 Å². The molecule has 2 heterocycles. The van der Waals surface area contributed by atoms with Crippen molar-refractivity contribution < 1.29 is 0 Å². The first kappa shape index (κ1) is 11.7. The zero-order valence-corrected chi connectivity index (χ0v) is 11.0. The molecule has 0 aliphatic heterocycles. The minimum absolute atomic E-state index is 0.454. The Labute approximate surface area is 108 Å². The van der Waals surface area contributed by atoms with Gasteiger partial charge in [-0.15, -0.1) is 11.3 Å². The van der Waals surface area contributed by atoms with E-state index in [1.54, 1.807) is 11.3 Å². The fourth-order valence-corrected chi connectivity index (χ4v) is 2.75. The van der Waals surface area contributed by atoms with Gasteiger partial charge in [0.05, 0.1) is 15.4 Å². The maximum absolute atomic E-state index is 6.03. The van der Waals surface area contributed by atoms with Gasteiger partial charge < -0.3 is 5.32 Å². The van der Waals surface area contributed by atoms with Crippen LogP contribution in [0.3, 0.4) is 0 Å². The summed E-state index contributed by atoms with van der Waals surface area (Å²) in [6, 6.07) is 1.82. The van der Waals surface area contributed by atoms with Crippen LogP contribution in [-0.4, -0.2) is 11.5 Å². The molecule has 84 valence electrons. The SMILES string of the molecule is C/C=C\CNc1cc(Cl)nc2c(Cl)csc12. The van der Waals surface area contributed by atoms with Gasteiger partial charge >= 0.3 is 0 Å². The van der Waals surface area contributed by atoms with Crippen LogP contribution in [0.4, 0.5) is 5.69 Å². The number of aromatic nitrogens is 1. The highest BCUT2D eigenvalue weighted by Gasteiger charge is 2.09. The van der Waals surface area contributed by atoms with E-state index in [1.807, 2.05) is 30.5 Å². The monoisotopic (exact) mass is 272 g/mol. The summed E-state index contributed by atoms with van der Waals surface area (Å²) in [6.45, 7) is 2.75. The van der Waals surface area contributed by atoms with Crippen molar-refractivity contribution in [1.29, 1.82) is 0 Å². The van der Waals surface area contributed by atoms with Crippen LogP contribution in [0.2, 0.25) is 10.2 Å². The van der Waals surface area contributed by atoms with Crippen LogP contribution in [0.15, 0.2) is 23.6 Å². The minimum Gasteiger partial charge on any atom is -0.380 e. The highest BCUT2D eigenvalue weighted by molar-refractivity contribution is 7.18. The van der Waals surface area contributed by atoms with Gasteiger partial charge in [0.15, 0.2) is 0 Å². The lowest BCUT2D eigenvalue weighted by Crippen LogP contribution is -1.98. The Bertz CT molecular complexity index is 534. The van der Waals surface area contributed by atoms with Crippen molar-refractivity contribution in [2.45, 2.75) is 6.92 Å². The van der Waals surface area contributed by atoms with Crippen LogP contribution in [0, 0.1) is 0 Å². The van der Waals surface area contributed by atoms with Crippen molar-refractivity contribution in [1.82, 2.24) is 4.98 Å². The molecule has 1 N–H and O–H groups in total. The average Bonchev–Trinajstić information content (AvgIpc) is 2.61. The molecule has 0 bridgehead atoms. The highest BCUT2D eigenvalue weighted by Crippen LogP contribution is 2.35. The zero-order valence-electron chi connectivity index (χ0n) is 8.63. The largest absolute Gasteiger partial charge is 0.380 e. The molecule has 2 nitrogen and oxygen atoms in total. The molecule has 0 spiro atoms. The molecular formula is C11H10Cl2N2S. The van der Waals surface area contributed by atoms with Crippen LogP contribution in [0.1, 0.15) is 6.92 Å². The van der Waals surface area contributed by atoms with Gasteiger partial charge in [0, 0.05) is 18.0 Å². The van der Waals surface area contributed by atoms with Gasteiger partial charge in [-0.05, 0) is 6.92 Å². The van der Waals surface area contributed by atoms with E-state index in [4.69, 9.17) is 23.2 Å². The summed E-state index contributed by atoms with van der Waals surface area (Å²) in [5.74, 6) is 0. The number of hydrogen-bond acceptors (Lipinski definition) is 3. The predicted molar refractivity (Wildman–Crippen MR) is 72.9 cm³/mol. The average molecular weight is 273 g/mol. The molecular weight excluding hydrogens is 263 g/mol. The van der Waals surface area contributed by atoms with Gasteiger partial charge in [0.1, 0.15) is 10.7 Å². The van der Waals surface area contributed by atoms with Crippen molar-refractivity contribution in [3.05, 3.63) is 33.8 Å². The molecule has 2 aromatic heterocycles. The summed E-state index contributed by atoms with van der Waals surface area (Å²) < 4.78 is 1.04. The smallest absolute Gasteiger partial charge is 0.131 e. The maximum Gasteiger partial charge on any atom is 0.131 e. The number of halogens is 2. The van der Waals surface area contributed by atoms with E-state index in [1.165, 1.54) is 0 Å². The molecule has 0 radical (unpaired) electrons. The lowest BCUT2D eigenvalue weighted by atomic mass is 10.3. The Morgan fingerprint density at radius 3 is 3.06 bits per heavy atom. The molecule has 16 heavy (non-hydrogen) atoms. The quantitative estimate of drug-likeness (QED) is 0.653. The Balaban J connectivity index is 2.43. The molecule has 0 saturated carbocycles. The van der Waals surface area contributed by atoms with Crippen LogP contribution >= 0.6 is 34.5 Å². The van der Waals surface area contributed by atoms with E-state index < -0.39 is 0 Å². The molecule has 0 aliphatic rings. The van der Waals surface area contributed by atoms with Gasteiger partial charge in [-0.3, -0.25) is 0 Å². The fourth-order valence-electron chi connectivity index (χ4n) is 1.37. The van der Waals surface area contributed by atoms with Crippen molar-refractivity contribution in [2.24, 2.45) is 0 Å². The van der Waals surface area contributed by atoms with Crippen molar-refractivity contribution in [3.63, 3.8) is 0 Å². The molecule has 0 fully saturated rings. The molecule has 0 amide bonds. The second kappa shape index (κ2) is 5.04. The first-order valence-corrected chi connectivity index (χ1v) is 6.44. The molecule has 0 unspecified atom stereocenters. The van der Waals surface area contributed by atoms with E-state index >= 15 is 0 Å². The predicted octanol–water partition coefficient (Wildman–Crippen LogP) is 4.59. The number of rotatable bonds is 3. The third-order valence-electron chi connectivity index (χ3n) is 2.09. The van der Waals surface area contributed by atoms with Crippen LogP contribution in [0.25, 0.3) is 10.2 Å². The number of nitrogens with zero attached hydrogens (tertiary/aromatic N) is 1. The number of thiophene rings is 1. The van der Waals surface area contributed by atoms with Crippen LogP contribution < -0.4 is 5.32 Å². The summed E-state index contributed by atoms with van der Waals surface area (Å²) in [5, 5.41) is 6.26. The van der Waals surface area contributed by atoms with E-state index in [9.17, 15) is 0 Å². The summed E-state index contributed by atoms with van der Waals surface area (Å²) in [6.07, 6.45) is 4.03. The number of pyridine rings is 1. The third-order valence-corrected chi connectivity index (χ3v) is 3.71. The number of fused-ring (bicyclic) bond motifs is 1. The Kier molecular flexibility index (Phi) is 3.69. The topological polar surface area (TPSA) is 24.9 Å². The molecule has 2 rings (SSSR count). The minimum atomic E-state index is 0.454. The maximum atomic E-state index is 6.03. The van der Waals surface area contributed by atoms with Gasteiger partial charge in [0.25, 0.3) is 0 Å². The second-order valence-corrected chi connectivity index (χ2v) is 4.88. The highest BCUT2D eigenvalue weighted by atomic mass is 35.5. The molecule has 0 aliphatic carbocycles. The van der Waals surface area contributed by atoms with Crippen molar-refractivity contribution in [3.8, 4) is 0 Å². The molecule has 0 aromatic carbocycles. The molecule has 2 aromatic rings. The Hall–Kier alpha value is -0.770. The summed E-state index contributed by atoms with van der Waals surface area (Å²) in [4.78, 5) is 4.21. The zero-order chi connectivity index (χ0) is 11.5. The molecule has 0 saturated heterocycles. The summed E-state index contributed by atoms with van der Waals surface area (Å²) >= 11 is 13.5. The summed E-state index contributed by atoms with van der Waals surface area (Å²) in [7, 11) is 0. The van der Waals surface area contributed by atoms with Gasteiger partial charge in [-0.1, -0.05) is 35.4 Å². The Morgan fingerprint density at radius 1 is 1.50 bits per heavy atom. The number of allylic oxidation sites excluding steroid dienone is 1.